The molecule has 4 atom stereocenters. The van der Waals surface area contributed by atoms with E-state index in [1.165, 1.54) is 31.3 Å². The first-order valence-electron chi connectivity index (χ1n) is 10.0. The highest BCUT2D eigenvalue weighted by molar-refractivity contribution is 7.89. The Bertz CT molecular complexity index is 1190. The molecule has 13 nitrogen and oxygen atoms in total. The number of imidazole rings is 1. The lowest BCUT2D eigenvalue weighted by molar-refractivity contribution is -0.0439. The molecular formula is C18H25N7O6S. The summed E-state index contributed by atoms with van der Waals surface area (Å²) < 4.78 is 38.0. The minimum atomic E-state index is -3.37. The molecule has 0 saturated carbocycles. The van der Waals surface area contributed by atoms with Gasteiger partial charge >= 0.3 is 0 Å². The average molecular weight is 468 g/mol. The molecule has 3 aromatic rings. The third-order valence-corrected chi connectivity index (χ3v) is 7.08. The first-order valence-corrected chi connectivity index (χ1v) is 11.6. The Kier molecular flexibility index (Phi) is 6.13. The minimum Gasteiger partial charge on any atom is -0.443 e. The molecule has 0 bridgehead atoms. The van der Waals surface area contributed by atoms with Gasteiger partial charge in [-0.15, -0.1) is 0 Å². The summed E-state index contributed by atoms with van der Waals surface area (Å²) in [5, 5.41) is 24.1. The second-order valence-electron chi connectivity index (χ2n) is 7.52. The van der Waals surface area contributed by atoms with Crippen molar-refractivity contribution in [1.29, 1.82) is 0 Å². The average Bonchev–Trinajstić information content (AvgIpc) is 3.47. The molecule has 0 amide bonds. The summed E-state index contributed by atoms with van der Waals surface area (Å²) in [6.07, 6.45) is 0.396. The van der Waals surface area contributed by atoms with Gasteiger partial charge in [-0.05, 0) is 0 Å². The fourth-order valence-electron chi connectivity index (χ4n) is 3.36. The number of anilines is 1. The summed E-state index contributed by atoms with van der Waals surface area (Å²) in [6.45, 7) is 2.03. The maximum absolute atomic E-state index is 12.0. The number of nitrogens with zero attached hydrogens (tertiary/aromatic N) is 6. The van der Waals surface area contributed by atoms with E-state index < -0.39 is 34.6 Å². The predicted octanol–water partition coefficient (Wildman–Crippen LogP) is -0.328. The third-order valence-electron chi connectivity index (χ3n) is 5.24. The lowest BCUT2D eigenvalue weighted by Gasteiger charge is -2.16. The maximum Gasteiger partial charge on any atom is 0.226 e. The van der Waals surface area contributed by atoms with Crippen LogP contribution in [0.5, 0.6) is 0 Å². The lowest BCUT2D eigenvalue weighted by Crippen LogP contribution is -2.29. The van der Waals surface area contributed by atoms with Crippen LogP contribution in [0, 0.1) is 0 Å². The highest BCUT2D eigenvalue weighted by Gasteiger charge is 2.47. The van der Waals surface area contributed by atoms with E-state index in [4.69, 9.17) is 9.15 Å². The van der Waals surface area contributed by atoms with Crippen LogP contribution in [0.1, 0.15) is 30.9 Å². The van der Waals surface area contributed by atoms with Gasteiger partial charge < -0.3 is 24.7 Å². The van der Waals surface area contributed by atoms with Crippen LogP contribution < -0.4 is 5.32 Å². The number of sulfonamides is 1. The van der Waals surface area contributed by atoms with Gasteiger partial charge in [-0.1, -0.05) is 6.92 Å². The van der Waals surface area contributed by atoms with Gasteiger partial charge in [0.15, 0.2) is 29.3 Å². The Labute approximate surface area is 184 Å². The first kappa shape index (κ1) is 22.5. The number of aliphatic hydroxyl groups is 2. The van der Waals surface area contributed by atoms with Crippen LogP contribution in [0.25, 0.3) is 11.2 Å². The Balaban J connectivity index is 1.55. The van der Waals surface area contributed by atoms with E-state index in [1.54, 1.807) is 6.20 Å². The molecule has 1 aliphatic rings. The number of ether oxygens (including phenoxy) is 1. The number of hydrogen-bond acceptors (Lipinski definition) is 11. The molecule has 0 aliphatic carbocycles. The molecule has 14 heteroatoms. The van der Waals surface area contributed by atoms with Crippen molar-refractivity contribution in [1.82, 2.24) is 28.8 Å². The first-order chi connectivity index (χ1) is 15.2. The lowest BCUT2D eigenvalue weighted by atomic mass is 10.1. The number of aromatic nitrogens is 5. The van der Waals surface area contributed by atoms with Gasteiger partial charge in [-0.25, -0.2) is 32.7 Å². The number of aliphatic hydroxyl groups excluding tert-OH is 2. The van der Waals surface area contributed by atoms with Crippen LogP contribution in [-0.2, 0) is 21.2 Å². The second-order valence-corrected chi connectivity index (χ2v) is 9.82. The molecule has 1 aliphatic heterocycles. The van der Waals surface area contributed by atoms with Gasteiger partial charge in [-0.3, -0.25) is 4.57 Å². The zero-order valence-electron chi connectivity index (χ0n) is 17.8. The molecule has 32 heavy (non-hydrogen) atoms. The number of fused-ring (bicyclic) bond motifs is 1. The van der Waals surface area contributed by atoms with Gasteiger partial charge in [0.2, 0.25) is 15.9 Å². The number of oxazole rings is 1. The van der Waals surface area contributed by atoms with E-state index >= 15 is 0 Å². The Morgan fingerprint density at radius 3 is 2.66 bits per heavy atom. The van der Waals surface area contributed by atoms with Crippen LogP contribution in [0.4, 0.5) is 5.82 Å². The van der Waals surface area contributed by atoms with Crippen molar-refractivity contribution >= 4 is 27.0 Å². The van der Waals surface area contributed by atoms with Gasteiger partial charge in [0, 0.05) is 27.1 Å². The predicted molar refractivity (Wildman–Crippen MR) is 112 cm³/mol. The summed E-state index contributed by atoms with van der Waals surface area (Å²) in [4.78, 5) is 16.8. The van der Waals surface area contributed by atoms with E-state index in [-0.39, 0.29) is 18.2 Å². The third kappa shape index (κ3) is 4.06. The van der Waals surface area contributed by atoms with E-state index in [0.717, 1.165) is 4.31 Å². The van der Waals surface area contributed by atoms with Gasteiger partial charge in [-0.2, -0.15) is 0 Å². The quantitative estimate of drug-likeness (QED) is 0.396. The van der Waals surface area contributed by atoms with Crippen molar-refractivity contribution in [3.8, 4) is 0 Å². The zero-order chi connectivity index (χ0) is 23.0. The van der Waals surface area contributed by atoms with E-state index in [2.05, 4.69) is 25.3 Å². The number of nitrogens with one attached hydrogen (secondary N) is 1. The Morgan fingerprint density at radius 1 is 1.19 bits per heavy atom. The number of hydrogen-bond donors (Lipinski definition) is 3. The van der Waals surface area contributed by atoms with Crippen molar-refractivity contribution < 1.29 is 27.8 Å². The summed E-state index contributed by atoms with van der Waals surface area (Å²) >= 11 is 0. The van der Waals surface area contributed by atoms with Crippen LogP contribution in [0.15, 0.2) is 23.3 Å². The fraction of sp³-hybridized carbons (Fsp3) is 0.556. The van der Waals surface area contributed by atoms with Crippen molar-refractivity contribution in [2.45, 2.75) is 37.9 Å². The van der Waals surface area contributed by atoms with Crippen molar-refractivity contribution in [2.75, 3.05) is 31.7 Å². The number of aryl methyl sites for hydroxylation is 1. The smallest absolute Gasteiger partial charge is 0.226 e. The normalized spacial score (nSPS) is 23.9. The van der Waals surface area contributed by atoms with E-state index in [9.17, 15) is 18.6 Å². The van der Waals surface area contributed by atoms with Crippen LogP contribution >= 0.6 is 0 Å². The molecule has 1 fully saturated rings. The molecule has 0 spiro atoms. The highest BCUT2D eigenvalue weighted by atomic mass is 32.2. The van der Waals surface area contributed by atoms with Gasteiger partial charge in [0.05, 0.1) is 18.3 Å². The minimum absolute atomic E-state index is 0.118. The van der Waals surface area contributed by atoms with E-state index in [0.29, 0.717) is 29.2 Å². The van der Waals surface area contributed by atoms with Crippen LogP contribution in [0.2, 0.25) is 0 Å². The van der Waals surface area contributed by atoms with Crippen molar-refractivity contribution in [2.24, 2.45) is 0 Å². The molecule has 1 saturated heterocycles. The maximum atomic E-state index is 12.0. The fourth-order valence-corrected chi connectivity index (χ4v) is 4.08. The standard InChI is InChI=1S/C18H25N7O6S/c1-4-10-7-20-17(30-10)14-12(26)13(27)18(31-14)25-9-23-11-15(21-8-22-16(11)25)19-5-6-32(28,29)24(2)3/h7-9,12-14,18,26-27H,4-6H2,1-3H3,(H,19,21,22)/t12-,13-,14-,18+/m0/s1. The number of rotatable bonds is 8. The largest absolute Gasteiger partial charge is 0.443 e. The molecule has 0 aromatic carbocycles. The van der Waals surface area contributed by atoms with Crippen LogP contribution in [0.3, 0.4) is 0 Å². The molecule has 3 aromatic heterocycles. The SMILES string of the molecule is CCc1cnc([C@H]2O[C@@H](n3cnc4c(NCCS(=O)(=O)N(C)C)ncnc43)[C@@H](O)[C@@H]2O)o1. The van der Waals surface area contributed by atoms with Crippen molar-refractivity contribution in [3.05, 3.63) is 30.5 Å². The topological polar surface area (TPSA) is 169 Å². The second kappa shape index (κ2) is 8.71. The zero-order valence-corrected chi connectivity index (χ0v) is 18.6. The van der Waals surface area contributed by atoms with Gasteiger partial charge in [0.25, 0.3) is 0 Å². The molecule has 4 heterocycles. The Morgan fingerprint density at radius 2 is 1.97 bits per heavy atom. The molecule has 174 valence electrons. The Hall–Kier alpha value is -2.65. The van der Waals surface area contributed by atoms with Crippen molar-refractivity contribution in [3.63, 3.8) is 0 Å². The summed E-state index contributed by atoms with van der Waals surface area (Å²) in [5.74, 6) is 1.04. The molecule has 0 radical (unpaired) electrons. The molecule has 3 N–H and O–H groups in total. The summed E-state index contributed by atoms with van der Waals surface area (Å²) in [6, 6.07) is 0. The van der Waals surface area contributed by atoms with E-state index in [1.807, 2.05) is 6.92 Å². The monoisotopic (exact) mass is 467 g/mol. The highest BCUT2D eigenvalue weighted by Crippen LogP contribution is 2.39. The summed E-state index contributed by atoms with van der Waals surface area (Å²) in [5.41, 5.74) is 0.712. The summed E-state index contributed by atoms with van der Waals surface area (Å²) in [7, 11) is -0.433. The molecule has 0 unspecified atom stereocenters. The van der Waals surface area contributed by atoms with Crippen LogP contribution in [-0.4, -0.2) is 86.0 Å². The molecule has 4 rings (SSSR count). The molecular weight excluding hydrogens is 442 g/mol. The van der Waals surface area contributed by atoms with Gasteiger partial charge in [0.1, 0.15) is 24.3 Å².